The third-order valence-corrected chi connectivity index (χ3v) is 5.33. The quantitative estimate of drug-likeness (QED) is 0.349. The molecule has 10 nitrogen and oxygen atoms in total. The van der Waals surface area contributed by atoms with E-state index < -0.39 is 34.4 Å². The lowest BCUT2D eigenvalue weighted by Crippen LogP contribution is -2.29. The second kappa shape index (κ2) is 9.82. The number of ether oxygens (including phenoxy) is 1. The van der Waals surface area contributed by atoms with Gasteiger partial charge in [0.15, 0.2) is 0 Å². The Labute approximate surface area is 219 Å². The van der Waals surface area contributed by atoms with Crippen molar-refractivity contribution < 1.29 is 27.5 Å². The number of anilines is 2. The molecule has 4 rings (SSSR count). The molecule has 1 aromatic carbocycles. The first kappa shape index (κ1) is 26.7. The Morgan fingerprint density at radius 3 is 2.45 bits per heavy atom. The highest BCUT2D eigenvalue weighted by Crippen LogP contribution is 2.36. The Morgan fingerprint density at radius 1 is 1.08 bits per heavy atom. The van der Waals surface area contributed by atoms with Crippen LogP contribution in [-0.4, -0.2) is 42.1 Å². The third-order valence-electron chi connectivity index (χ3n) is 5.00. The molecule has 3 heterocycles. The lowest BCUT2D eigenvalue weighted by molar-refractivity contribution is -0.137. The molecule has 0 aliphatic rings. The highest BCUT2D eigenvalue weighted by atomic mass is 35.5. The van der Waals surface area contributed by atoms with Crippen molar-refractivity contribution in [3.63, 3.8) is 0 Å². The molecular weight excluding hydrogens is 527 g/mol. The van der Waals surface area contributed by atoms with Crippen LogP contribution in [0.1, 0.15) is 36.8 Å². The maximum atomic E-state index is 13.3. The zero-order valence-corrected chi connectivity index (χ0v) is 21.0. The fourth-order valence-electron chi connectivity index (χ4n) is 3.31. The number of rotatable bonds is 4. The van der Waals surface area contributed by atoms with E-state index in [1.54, 1.807) is 39.1 Å². The van der Waals surface area contributed by atoms with Crippen LogP contribution in [0.15, 0.2) is 55.0 Å². The van der Waals surface area contributed by atoms with E-state index in [0.29, 0.717) is 23.1 Å². The van der Waals surface area contributed by atoms with Gasteiger partial charge < -0.3 is 15.8 Å². The number of amides is 1. The van der Waals surface area contributed by atoms with Crippen molar-refractivity contribution in [2.24, 2.45) is 0 Å². The molecule has 0 unspecified atom stereocenters. The van der Waals surface area contributed by atoms with Gasteiger partial charge >= 0.3 is 12.3 Å². The predicted molar refractivity (Wildman–Crippen MR) is 133 cm³/mol. The van der Waals surface area contributed by atoms with Gasteiger partial charge in [-0.05, 0) is 57.2 Å². The van der Waals surface area contributed by atoms with Gasteiger partial charge in [-0.2, -0.15) is 13.2 Å². The van der Waals surface area contributed by atoms with E-state index in [2.05, 4.69) is 20.6 Å². The number of nitrogens with zero attached hydrogens (tertiary/aromatic N) is 5. The number of alkyl halides is 3. The molecule has 3 N–H and O–H groups in total. The van der Waals surface area contributed by atoms with Crippen molar-refractivity contribution in [2.45, 2.75) is 32.5 Å². The van der Waals surface area contributed by atoms with Crippen LogP contribution in [-0.2, 0) is 10.9 Å². The van der Waals surface area contributed by atoms with Crippen molar-refractivity contribution in [3.05, 3.63) is 71.3 Å². The monoisotopic (exact) mass is 547 g/mol. The molecule has 0 radical (unpaired) electrons. The number of nitrogen functional groups attached to an aromatic ring is 1. The minimum Gasteiger partial charge on any atom is -0.443 e. The van der Waals surface area contributed by atoms with Gasteiger partial charge in [0, 0.05) is 23.6 Å². The fourth-order valence-corrected chi connectivity index (χ4v) is 3.53. The number of benzene rings is 1. The summed E-state index contributed by atoms with van der Waals surface area (Å²) in [4.78, 5) is 30.0. The Balaban J connectivity index is 1.70. The van der Waals surface area contributed by atoms with Gasteiger partial charge in [-0.15, -0.1) is 5.10 Å². The van der Waals surface area contributed by atoms with Crippen LogP contribution in [0.5, 0.6) is 0 Å². The van der Waals surface area contributed by atoms with Crippen molar-refractivity contribution in [1.29, 1.82) is 0 Å². The lowest BCUT2D eigenvalue weighted by Gasteiger charge is -2.20. The molecule has 0 saturated heterocycles. The standard InChI is InChI=1S/C24H21ClF3N7O3/c1-23(2,3)38-22(37)34-11-15(35-12-18(32-33-35)13-4-7-20(29)30-10-13)9-19(34)21(36)31-14-5-6-17(25)16(8-14)24(26,27)28/h4-12H,1-3H3,(H2,29,30)(H,31,36). The van der Waals surface area contributed by atoms with Gasteiger partial charge in [-0.1, -0.05) is 16.8 Å². The number of carbonyl (C=O) groups is 2. The highest BCUT2D eigenvalue weighted by molar-refractivity contribution is 6.31. The van der Waals surface area contributed by atoms with Crippen molar-refractivity contribution in [2.75, 3.05) is 11.1 Å². The van der Waals surface area contributed by atoms with Crippen molar-refractivity contribution in [1.82, 2.24) is 24.5 Å². The molecule has 198 valence electrons. The Hall–Kier alpha value is -4.39. The number of halogens is 4. The van der Waals surface area contributed by atoms with Gasteiger partial charge in [0.2, 0.25) is 0 Å². The zero-order chi connectivity index (χ0) is 27.8. The Morgan fingerprint density at radius 2 is 1.82 bits per heavy atom. The van der Waals surface area contributed by atoms with Crippen LogP contribution in [0.25, 0.3) is 16.9 Å². The second-order valence-corrected chi connectivity index (χ2v) is 9.51. The number of carbonyl (C=O) groups excluding carboxylic acids is 2. The minimum absolute atomic E-state index is 0.177. The van der Waals surface area contributed by atoms with Gasteiger partial charge in [0.05, 0.1) is 22.5 Å². The summed E-state index contributed by atoms with van der Waals surface area (Å²) in [6.07, 6.45) is -1.27. The summed E-state index contributed by atoms with van der Waals surface area (Å²) >= 11 is 5.66. The van der Waals surface area contributed by atoms with Gasteiger partial charge in [0.1, 0.15) is 22.8 Å². The first-order valence-corrected chi connectivity index (χ1v) is 11.4. The molecule has 0 bridgehead atoms. The lowest BCUT2D eigenvalue weighted by atomic mass is 10.2. The van der Waals surface area contributed by atoms with Crippen molar-refractivity contribution >= 4 is 35.1 Å². The minimum atomic E-state index is -4.73. The molecule has 0 aliphatic carbocycles. The summed E-state index contributed by atoms with van der Waals surface area (Å²) in [6, 6.07) is 7.54. The van der Waals surface area contributed by atoms with E-state index in [0.717, 1.165) is 10.6 Å². The largest absolute Gasteiger partial charge is 0.443 e. The molecule has 3 aromatic heterocycles. The summed E-state index contributed by atoms with van der Waals surface area (Å²) < 4.78 is 47.4. The number of hydrogen-bond donors (Lipinski definition) is 2. The first-order chi connectivity index (χ1) is 17.7. The first-order valence-electron chi connectivity index (χ1n) is 11.0. The molecule has 1 amide bonds. The average molecular weight is 548 g/mol. The maximum Gasteiger partial charge on any atom is 0.419 e. The number of hydrogen-bond acceptors (Lipinski definition) is 7. The van der Waals surface area contributed by atoms with Crippen LogP contribution in [0.2, 0.25) is 5.02 Å². The molecule has 14 heteroatoms. The fraction of sp³-hybridized carbons (Fsp3) is 0.208. The number of nitrogens with two attached hydrogens (primary N) is 1. The number of nitrogens with one attached hydrogen (secondary N) is 1. The normalized spacial score (nSPS) is 11.9. The smallest absolute Gasteiger partial charge is 0.419 e. The molecule has 0 saturated carbocycles. The van der Waals surface area contributed by atoms with Gasteiger partial charge in [0.25, 0.3) is 5.91 Å². The number of aromatic nitrogens is 5. The highest BCUT2D eigenvalue weighted by Gasteiger charge is 2.33. The van der Waals surface area contributed by atoms with E-state index in [4.69, 9.17) is 22.1 Å². The van der Waals surface area contributed by atoms with E-state index >= 15 is 0 Å². The van der Waals surface area contributed by atoms with Crippen LogP contribution < -0.4 is 11.1 Å². The summed E-state index contributed by atoms with van der Waals surface area (Å²) in [6.45, 7) is 4.93. The molecule has 0 atom stereocenters. The predicted octanol–water partition coefficient (Wildman–Crippen LogP) is 5.42. The average Bonchev–Trinajstić information content (AvgIpc) is 3.47. The summed E-state index contributed by atoms with van der Waals surface area (Å²) in [7, 11) is 0. The molecule has 0 fully saturated rings. The van der Waals surface area contributed by atoms with Gasteiger partial charge in [-0.25, -0.2) is 19.0 Å². The Bertz CT molecular complexity index is 1510. The second-order valence-electron chi connectivity index (χ2n) is 9.10. The van der Waals surface area contributed by atoms with Crippen LogP contribution in [0.4, 0.5) is 29.5 Å². The SMILES string of the molecule is CC(C)(C)OC(=O)n1cc(-n2cc(-c3ccc(N)nc3)nn2)cc1C(=O)Nc1ccc(Cl)c(C(F)(F)F)c1. The van der Waals surface area contributed by atoms with Gasteiger partial charge in [-0.3, -0.25) is 4.79 Å². The van der Waals surface area contributed by atoms with Crippen molar-refractivity contribution in [3.8, 4) is 16.9 Å². The van der Waals surface area contributed by atoms with Crippen LogP contribution >= 0.6 is 11.6 Å². The topological polar surface area (TPSA) is 130 Å². The summed E-state index contributed by atoms with van der Waals surface area (Å²) in [5.41, 5.74) is 4.53. The van der Waals surface area contributed by atoms with E-state index in [1.165, 1.54) is 29.2 Å². The third kappa shape index (κ3) is 5.94. The molecule has 4 aromatic rings. The maximum absolute atomic E-state index is 13.3. The molecule has 0 aliphatic heterocycles. The zero-order valence-electron chi connectivity index (χ0n) is 20.2. The van der Waals surface area contributed by atoms with Crippen LogP contribution in [0.3, 0.4) is 0 Å². The Kier molecular flexibility index (Phi) is 6.89. The van der Waals surface area contributed by atoms with E-state index in [1.807, 2.05) is 0 Å². The molecule has 38 heavy (non-hydrogen) atoms. The summed E-state index contributed by atoms with van der Waals surface area (Å²) in [5, 5.41) is 9.96. The summed E-state index contributed by atoms with van der Waals surface area (Å²) in [5.74, 6) is -0.546. The van der Waals surface area contributed by atoms with Crippen LogP contribution in [0, 0.1) is 0 Å². The van der Waals surface area contributed by atoms with E-state index in [9.17, 15) is 22.8 Å². The number of pyridine rings is 1. The molecule has 0 spiro atoms. The van der Waals surface area contributed by atoms with E-state index in [-0.39, 0.29) is 17.1 Å². The molecular formula is C24H21ClF3N7O3.